The van der Waals surface area contributed by atoms with Crippen molar-refractivity contribution in [1.29, 1.82) is 0 Å². The lowest BCUT2D eigenvalue weighted by atomic mass is 10.2. The molecule has 0 bridgehead atoms. The van der Waals surface area contributed by atoms with Crippen LogP contribution in [0.2, 0.25) is 5.02 Å². The van der Waals surface area contributed by atoms with Crippen LogP contribution in [0.1, 0.15) is 22.3 Å². The lowest BCUT2D eigenvalue weighted by Gasteiger charge is -2.12. The van der Waals surface area contributed by atoms with Crippen molar-refractivity contribution in [2.75, 3.05) is 11.9 Å². The van der Waals surface area contributed by atoms with Gasteiger partial charge in [0.25, 0.3) is 5.56 Å². The summed E-state index contributed by atoms with van der Waals surface area (Å²) in [4.78, 5) is 39.2. The largest absolute Gasteiger partial charge is 0.503 e. The summed E-state index contributed by atoms with van der Waals surface area (Å²) in [6, 6.07) is 0.747. The van der Waals surface area contributed by atoms with Gasteiger partial charge in [-0.1, -0.05) is 11.6 Å². The molecule has 3 N–H and O–H groups in total. The number of halogens is 4. The molecule has 0 spiro atoms. The Morgan fingerprint density at radius 3 is 2.58 bits per heavy atom. The van der Waals surface area contributed by atoms with Crippen LogP contribution < -0.4 is 16.3 Å². The van der Waals surface area contributed by atoms with Crippen molar-refractivity contribution in [3.63, 3.8) is 0 Å². The van der Waals surface area contributed by atoms with E-state index in [0.717, 1.165) is 16.7 Å². The summed E-state index contributed by atoms with van der Waals surface area (Å²) in [6.07, 6.45) is -0.0179. The number of carbonyl (C=O) groups is 1. The number of aromatic carboxylic acids is 1. The Morgan fingerprint density at radius 1 is 1.26 bits per heavy atom. The minimum atomic E-state index is -4.56. The van der Waals surface area contributed by atoms with Gasteiger partial charge in [0.15, 0.2) is 11.3 Å². The molecule has 0 aromatic carbocycles. The van der Waals surface area contributed by atoms with Crippen LogP contribution in [0, 0.1) is 0 Å². The van der Waals surface area contributed by atoms with Crippen LogP contribution in [0.5, 0.6) is 5.75 Å². The Bertz CT molecular complexity index is 1290. The molecule has 13 heteroatoms. The third-order valence-corrected chi connectivity index (χ3v) is 4.64. The van der Waals surface area contributed by atoms with Crippen molar-refractivity contribution in [1.82, 2.24) is 14.0 Å². The predicted octanol–water partition coefficient (Wildman–Crippen LogP) is 2.43. The zero-order valence-corrected chi connectivity index (χ0v) is 16.2. The molecule has 0 saturated carbocycles. The molecule has 9 nitrogen and oxygen atoms in total. The number of carboxylic acids is 1. The highest BCUT2D eigenvalue weighted by Gasteiger charge is 2.31. The molecule has 164 valence electrons. The van der Waals surface area contributed by atoms with Gasteiger partial charge in [-0.05, 0) is 12.5 Å². The number of hydrogen-bond acceptors (Lipinski definition) is 6. The topological polar surface area (TPSA) is 126 Å². The minimum Gasteiger partial charge on any atom is -0.503 e. The summed E-state index contributed by atoms with van der Waals surface area (Å²) in [5.41, 5.74) is -3.94. The van der Waals surface area contributed by atoms with Gasteiger partial charge in [-0.2, -0.15) is 13.2 Å². The number of carboxylic acid groups (broad SMARTS) is 1. The lowest BCUT2D eigenvalue weighted by Crippen LogP contribution is -2.26. The lowest BCUT2D eigenvalue weighted by molar-refractivity contribution is -0.137. The quantitative estimate of drug-likeness (QED) is 0.484. The average molecular weight is 459 g/mol. The average Bonchev–Trinajstić information content (AvgIpc) is 2.69. The van der Waals surface area contributed by atoms with Crippen LogP contribution in [0.25, 0.3) is 5.52 Å². The molecule has 3 aromatic rings. The van der Waals surface area contributed by atoms with E-state index in [9.17, 15) is 32.7 Å². The Balaban J connectivity index is 1.74. The molecule has 3 rings (SSSR count). The molecule has 0 aliphatic rings. The van der Waals surface area contributed by atoms with Gasteiger partial charge in [-0.3, -0.25) is 9.59 Å². The highest BCUT2D eigenvalue weighted by atomic mass is 35.5. The van der Waals surface area contributed by atoms with Crippen LogP contribution >= 0.6 is 11.6 Å². The molecular weight excluding hydrogens is 445 g/mol. The number of hydrogen-bond donors (Lipinski definition) is 3. The number of nitrogens with one attached hydrogen (secondary N) is 1. The Morgan fingerprint density at radius 2 is 1.97 bits per heavy atom. The van der Waals surface area contributed by atoms with Gasteiger partial charge in [0, 0.05) is 37.9 Å². The maximum Gasteiger partial charge on any atom is 0.417 e. The first-order valence-corrected chi connectivity index (χ1v) is 9.05. The maximum atomic E-state index is 12.6. The highest BCUT2D eigenvalue weighted by Crippen LogP contribution is 2.32. The highest BCUT2D eigenvalue weighted by molar-refractivity contribution is 6.32. The Kier molecular flexibility index (Phi) is 5.93. The number of aryl methyl sites for hydroxylation is 1. The third-order valence-electron chi connectivity index (χ3n) is 4.35. The zero-order chi connectivity index (χ0) is 22.9. The van der Waals surface area contributed by atoms with Gasteiger partial charge >= 0.3 is 12.1 Å². The first-order valence-electron chi connectivity index (χ1n) is 8.68. The van der Waals surface area contributed by atoms with E-state index in [-0.39, 0.29) is 29.4 Å². The van der Waals surface area contributed by atoms with Crippen LogP contribution in [0.3, 0.4) is 0 Å². The Hall–Kier alpha value is -3.54. The van der Waals surface area contributed by atoms with Crippen molar-refractivity contribution >= 4 is 28.9 Å². The van der Waals surface area contributed by atoms with Crippen molar-refractivity contribution < 1.29 is 28.2 Å². The van der Waals surface area contributed by atoms with E-state index in [0.29, 0.717) is 12.6 Å². The smallest absolute Gasteiger partial charge is 0.417 e. The normalized spacial score (nSPS) is 11.6. The second-order valence-electron chi connectivity index (χ2n) is 6.41. The van der Waals surface area contributed by atoms with E-state index in [1.165, 1.54) is 17.0 Å². The van der Waals surface area contributed by atoms with Gasteiger partial charge < -0.3 is 24.5 Å². The monoisotopic (exact) mass is 458 g/mol. The van der Waals surface area contributed by atoms with E-state index >= 15 is 0 Å². The number of aromatic hydroxyl groups is 1. The van der Waals surface area contributed by atoms with Gasteiger partial charge in [0.1, 0.15) is 11.4 Å². The van der Waals surface area contributed by atoms with E-state index in [1.807, 2.05) is 0 Å². The number of pyridine rings is 2. The number of fused-ring (bicyclic) bond motifs is 1. The molecule has 0 amide bonds. The number of anilines is 1. The first kappa shape index (κ1) is 22.2. The molecule has 3 aromatic heterocycles. The minimum absolute atomic E-state index is 0.0471. The van der Waals surface area contributed by atoms with Crippen molar-refractivity contribution in [3.05, 3.63) is 67.6 Å². The first-order chi connectivity index (χ1) is 14.5. The van der Waals surface area contributed by atoms with E-state index in [1.54, 1.807) is 0 Å². The fourth-order valence-corrected chi connectivity index (χ4v) is 3.05. The SMILES string of the molecule is O=C(O)c1cn2ccn(CCCNc3ncc(C(F)(F)F)cc3Cl)c(=O)c2c(O)c1=O. The second kappa shape index (κ2) is 8.30. The summed E-state index contributed by atoms with van der Waals surface area (Å²) in [5.74, 6) is -2.47. The molecule has 3 heterocycles. The number of rotatable bonds is 6. The van der Waals surface area contributed by atoms with Crippen LogP contribution in [0.15, 0.2) is 40.4 Å². The predicted molar refractivity (Wildman–Crippen MR) is 104 cm³/mol. The summed E-state index contributed by atoms with van der Waals surface area (Å²) in [7, 11) is 0. The summed E-state index contributed by atoms with van der Waals surface area (Å²) < 4.78 is 40.2. The van der Waals surface area contributed by atoms with Crippen molar-refractivity contribution in [2.45, 2.75) is 19.1 Å². The molecule has 0 atom stereocenters. The van der Waals surface area contributed by atoms with E-state index in [2.05, 4.69) is 10.3 Å². The van der Waals surface area contributed by atoms with E-state index in [4.69, 9.17) is 16.7 Å². The molecule has 0 unspecified atom stereocenters. The third kappa shape index (κ3) is 4.48. The molecular formula is C18H14ClF3N4O5. The van der Waals surface area contributed by atoms with Gasteiger partial charge in [0.05, 0.1) is 10.6 Å². The molecule has 31 heavy (non-hydrogen) atoms. The van der Waals surface area contributed by atoms with Crippen LogP contribution in [-0.2, 0) is 12.7 Å². The number of nitrogens with zero attached hydrogens (tertiary/aromatic N) is 3. The maximum absolute atomic E-state index is 12.6. The van der Waals surface area contributed by atoms with Crippen LogP contribution in [-0.4, -0.2) is 36.7 Å². The summed E-state index contributed by atoms with van der Waals surface area (Å²) in [5, 5.41) is 21.5. The van der Waals surface area contributed by atoms with Gasteiger partial charge in [-0.15, -0.1) is 0 Å². The standard InChI is InChI=1S/C18H14ClF3N4O5/c19-11-6-9(18(20,21)22)7-24-15(11)23-2-1-3-25-4-5-26-8-10(17(30)31)13(27)14(28)12(26)16(25)29/h4-8,28H,1-3H2,(H,23,24)(H,30,31). The fourth-order valence-electron chi connectivity index (χ4n) is 2.81. The fraction of sp³-hybridized carbons (Fsp3) is 0.222. The molecule has 0 saturated heterocycles. The second-order valence-corrected chi connectivity index (χ2v) is 6.82. The van der Waals surface area contributed by atoms with Crippen LogP contribution in [0.4, 0.5) is 19.0 Å². The van der Waals surface area contributed by atoms with Crippen molar-refractivity contribution in [3.8, 4) is 5.75 Å². The summed E-state index contributed by atoms with van der Waals surface area (Å²) in [6.45, 7) is 0.321. The van der Waals surface area contributed by atoms with Gasteiger partial charge in [0.2, 0.25) is 5.43 Å². The van der Waals surface area contributed by atoms with E-state index < -0.39 is 40.0 Å². The Labute approximate surface area is 176 Å². The molecule has 0 aliphatic heterocycles. The number of alkyl halides is 3. The number of aromatic nitrogens is 3. The molecule has 0 radical (unpaired) electrons. The molecule has 0 fully saturated rings. The summed E-state index contributed by atoms with van der Waals surface area (Å²) >= 11 is 5.81. The zero-order valence-electron chi connectivity index (χ0n) is 15.5. The van der Waals surface area contributed by atoms with Gasteiger partial charge in [-0.25, -0.2) is 9.78 Å². The van der Waals surface area contributed by atoms with Crippen molar-refractivity contribution in [2.24, 2.45) is 0 Å². The molecule has 0 aliphatic carbocycles.